The molecule has 2 atom stereocenters. The van der Waals surface area contributed by atoms with Gasteiger partial charge in [0.05, 0.1) is 12.8 Å². The Hall–Kier alpha value is -1.14. The third-order valence-corrected chi connectivity index (χ3v) is 5.41. The maximum absolute atomic E-state index is 10.5. The average Bonchev–Trinajstić information content (AvgIpc) is 3.14. The second-order valence-corrected chi connectivity index (χ2v) is 7.88. The van der Waals surface area contributed by atoms with E-state index >= 15 is 0 Å². The van der Waals surface area contributed by atoms with Crippen molar-refractivity contribution in [3.8, 4) is 0 Å². The van der Waals surface area contributed by atoms with Gasteiger partial charge in [-0.3, -0.25) is 0 Å². The SMILES string of the molecule is CCNC(=NCC(C)(O)c1ccco1)NCC1(C)CCCS1. The number of rotatable bonds is 6. The lowest BCUT2D eigenvalue weighted by atomic mass is 10.0. The summed E-state index contributed by atoms with van der Waals surface area (Å²) in [5.41, 5.74) is -1.10. The van der Waals surface area contributed by atoms with Crippen molar-refractivity contribution in [3.63, 3.8) is 0 Å². The Morgan fingerprint density at radius 1 is 1.55 bits per heavy atom. The first-order chi connectivity index (χ1) is 10.5. The first-order valence-electron chi connectivity index (χ1n) is 7.88. The van der Waals surface area contributed by atoms with Gasteiger partial charge in [-0.2, -0.15) is 11.8 Å². The zero-order valence-corrected chi connectivity index (χ0v) is 14.5. The van der Waals surface area contributed by atoms with E-state index in [4.69, 9.17) is 4.42 Å². The average molecular weight is 325 g/mol. The molecule has 3 N–H and O–H groups in total. The number of hydrogen-bond donors (Lipinski definition) is 3. The van der Waals surface area contributed by atoms with Crippen LogP contribution in [0.25, 0.3) is 0 Å². The van der Waals surface area contributed by atoms with E-state index in [0.29, 0.717) is 5.76 Å². The predicted molar refractivity (Wildman–Crippen MR) is 92.4 cm³/mol. The Bertz CT molecular complexity index is 480. The minimum absolute atomic E-state index is 0.250. The number of guanidine groups is 1. The number of aliphatic imine (C=N–C) groups is 1. The minimum Gasteiger partial charge on any atom is -0.466 e. The standard InChI is InChI=1S/C16H27N3O2S/c1-4-17-14(18-11-15(2)8-6-10-22-15)19-12-16(3,20)13-7-5-9-21-13/h5,7,9,20H,4,6,8,10-12H2,1-3H3,(H2,17,18,19). The summed E-state index contributed by atoms with van der Waals surface area (Å²) in [7, 11) is 0. The van der Waals surface area contributed by atoms with Gasteiger partial charge in [0.1, 0.15) is 11.4 Å². The second-order valence-electron chi connectivity index (χ2n) is 6.20. The highest BCUT2D eigenvalue weighted by Crippen LogP contribution is 2.36. The molecule has 1 fully saturated rings. The Kier molecular flexibility index (Phi) is 5.81. The molecule has 0 spiro atoms. The van der Waals surface area contributed by atoms with Crippen molar-refractivity contribution in [2.45, 2.75) is 44.0 Å². The summed E-state index contributed by atoms with van der Waals surface area (Å²) < 4.78 is 5.56. The van der Waals surface area contributed by atoms with Gasteiger partial charge < -0.3 is 20.2 Å². The number of furan rings is 1. The fourth-order valence-corrected chi connectivity index (χ4v) is 3.73. The molecule has 1 aromatic rings. The highest BCUT2D eigenvalue weighted by atomic mass is 32.2. The molecule has 1 aliphatic rings. The number of hydrogen-bond acceptors (Lipinski definition) is 4. The van der Waals surface area contributed by atoms with Gasteiger partial charge in [0, 0.05) is 17.8 Å². The van der Waals surface area contributed by atoms with Crippen LogP contribution < -0.4 is 10.6 Å². The van der Waals surface area contributed by atoms with Gasteiger partial charge in [-0.15, -0.1) is 0 Å². The Morgan fingerprint density at radius 3 is 2.95 bits per heavy atom. The van der Waals surface area contributed by atoms with Crippen molar-refractivity contribution in [1.29, 1.82) is 0 Å². The summed E-state index contributed by atoms with van der Waals surface area (Å²) in [4.78, 5) is 4.51. The van der Waals surface area contributed by atoms with Crippen LogP contribution in [0.4, 0.5) is 0 Å². The van der Waals surface area contributed by atoms with Crippen LogP contribution in [0.3, 0.4) is 0 Å². The lowest BCUT2D eigenvalue weighted by molar-refractivity contribution is 0.0437. The van der Waals surface area contributed by atoms with E-state index in [9.17, 15) is 5.11 Å². The monoisotopic (exact) mass is 325 g/mol. The highest BCUT2D eigenvalue weighted by Gasteiger charge is 2.30. The Morgan fingerprint density at radius 2 is 2.36 bits per heavy atom. The molecule has 124 valence electrons. The first kappa shape index (κ1) is 17.2. The van der Waals surface area contributed by atoms with Gasteiger partial charge in [0.15, 0.2) is 5.96 Å². The van der Waals surface area contributed by atoms with E-state index in [1.54, 1.807) is 25.3 Å². The van der Waals surface area contributed by atoms with Crippen LogP contribution in [0.2, 0.25) is 0 Å². The summed E-state index contributed by atoms with van der Waals surface area (Å²) in [6.07, 6.45) is 4.08. The number of thioether (sulfide) groups is 1. The van der Waals surface area contributed by atoms with Gasteiger partial charge >= 0.3 is 0 Å². The van der Waals surface area contributed by atoms with Crippen LogP contribution in [0.1, 0.15) is 39.4 Å². The van der Waals surface area contributed by atoms with Crippen LogP contribution in [0.15, 0.2) is 27.8 Å². The van der Waals surface area contributed by atoms with Crippen LogP contribution in [0, 0.1) is 0 Å². The maximum atomic E-state index is 10.5. The number of nitrogens with zero attached hydrogens (tertiary/aromatic N) is 1. The van der Waals surface area contributed by atoms with Crippen molar-refractivity contribution in [1.82, 2.24) is 10.6 Å². The third kappa shape index (κ3) is 4.68. The van der Waals surface area contributed by atoms with E-state index in [2.05, 4.69) is 22.5 Å². The molecule has 0 amide bonds. The Balaban J connectivity index is 1.94. The lowest BCUT2D eigenvalue weighted by Crippen LogP contribution is -2.44. The van der Waals surface area contributed by atoms with Crippen molar-refractivity contribution in [3.05, 3.63) is 24.2 Å². The smallest absolute Gasteiger partial charge is 0.191 e. The molecule has 2 heterocycles. The molecule has 0 aliphatic carbocycles. The molecule has 2 unspecified atom stereocenters. The summed E-state index contributed by atoms with van der Waals surface area (Å²) in [6, 6.07) is 3.54. The third-order valence-electron chi connectivity index (χ3n) is 3.87. The van der Waals surface area contributed by atoms with E-state index in [1.165, 1.54) is 18.6 Å². The molecule has 0 aromatic carbocycles. The Labute approximate surface area is 137 Å². The fraction of sp³-hybridized carbons (Fsp3) is 0.688. The van der Waals surface area contributed by atoms with Gasteiger partial charge in [-0.05, 0) is 51.5 Å². The highest BCUT2D eigenvalue weighted by molar-refractivity contribution is 8.00. The zero-order valence-electron chi connectivity index (χ0n) is 13.7. The van der Waals surface area contributed by atoms with E-state index in [-0.39, 0.29) is 11.3 Å². The summed E-state index contributed by atoms with van der Waals surface area (Å²) >= 11 is 2.02. The van der Waals surface area contributed by atoms with Crippen LogP contribution >= 0.6 is 11.8 Å². The molecule has 22 heavy (non-hydrogen) atoms. The van der Waals surface area contributed by atoms with E-state index in [1.807, 2.05) is 18.7 Å². The molecule has 0 bridgehead atoms. The van der Waals surface area contributed by atoms with Gasteiger partial charge in [0.2, 0.25) is 0 Å². The number of aliphatic hydroxyl groups is 1. The van der Waals surface area contributed by atoms with Crippen molar-refractivity contribution in [2.24, 2.45) is 4.99 Å². The van der Waals surface area contributed by atoms with E-state index < -0.39 is 5.60 Å². The van der Waals surface area contributed by atoms with Crippen molar-refractivity contribution in [2.75, 3.05) is 25.4 Å². The molecule has 6 heteroatoms. The zero-order chi connectivity index (χ0) is 16.1. The van der Waals surface area contributed by atoms with Crippen molar-refractivity contribution >= 4 is 17.7 Å². The molecule has 0 radical (unpaired) electrons. The molecule has 1 aliphatic heterocycles. The largest absolute Gasteiger partial charge is 0.466 e. The summed E-state index contributed by atoms with van der Waals surface area (Å²) in [6.45, 7) is 7.96. The molecule has 0 saturated carbocycles. The second kappa shape index (κ2) is 7.42. The molecule has 1 saturated heterocycles. The van der Waals surface area contributed by atoms with Crippen LogP contribution in [0.5, 0.6) is 0 Å². The molecule has 1 aromatic heterocycles. The van der Waals surface area contributed by atoms with E-state index in [0.717, 1.165) is 19.0 Å². The summed E-state index contributed by atoms with van der Waals surface area (Å²) in [5.74, 6) is 2.51. The van der Waals surface area contributed by atoms with Gasteiger partial charge in [0.25, 0.3) is 0 Å². The molecular formula is C16H27N3O2S. The van der Waals surface area contributed by atoms with Crippen LogP contribution in [-0.4, -0.2) is 41.2 Å². The van der Waals surface area contributed by atoms with Gasteiger partial charge in [-0.25, -0.2) is 4.99 Å². The summed E-state index contributed by atoms with van der Waals surface area (Å²) in [5, 5.41) is 17.1. The van der Waals surface area contributed by atoms with Crippen LogP contribution in [-0.2, 0) is 5.60 Å². The van der Waals surface area contributed by atoms with Crippen molar-refractivity contribution < 1.29 is 9.52 Å². The normalized spacial score (nSPS) is 25.0. The molecule has 2 rings (SSSR count). The first-order valence-corrected chi connectivity index (χ1v) is 8.86. The maximum Gasteiger partial charge on any atom is 0.191 e. The molecular weight excluding hydrogens is 298 g/mol. The topological polar surface area (TPSA) is 69.8 Å². The minimum atomic E-state index is -1.10. The van der Waals surface area contributed by atoms with Gasteiger partial charge in [-0.1, -0.05) is 0 Å². The fourth-order valence-electron chi connectivity index (χ4n) is 2.48. The number of nitrogens with one attached hydrogen (secondary N) is 2. The quantitative estimate of drug-likeness (QED) is 0.553. The molecule has 5 nitrogen and oxygen atoms in total. The lowest BCUT2D eigenvalue weighted by Gasteiger charge is -2.25. The predicted octanol–water partition coefficient (Wildman–Crippen LogP) is 2.33.